The molecule has 224 valence electrons. The first-order chi connectivity index (χ1) is 18.5. The predicted molar refractivity (Wildman–Crippen MR) is 152 cm³/mol. The van der Waals surface area contributed by atoms with Crippen LogP contribution in [-0.4, -0.2) is 63.8 Å². The minimum Gasteiger partial charge on any atom is -0.394 e. The lowest BCUT2D eigenvalue weighted by Crippen LogP contribution is -2.60. The highest BCUT2D eigenvalue weighted by molar-refractivity contribution is 5.34. The molecule has 4 N–H and O–H groups in total. The first-order valence-corrected chi connectivity index (χ1v) is 16.2. The molecule has 0 bridgehead atoms. The molecule has 1 aliphatic heterocycles. The molecule has 1 heterocycles. The van der Waals surface area contributed by atoms with Crippen molar-refractivity contribution in [3.8, 4) is 0 Å². The van der Waals surface area contributed by atoms with Crippen molar-refractivity contribution in [2.75, 3.05) is 6.61 Å². The second kappa shape index (κ2) is 11.6. The van der Waals surface area contributed by atoms with E-state index in [9.17, 15) is 20.4 Å². The van der Waals surface area contributed by atoms with Crippen molar-refractivity contribution in [2.24, 2.45) is 40.4 Å². The van der Waals surface area contributed by atoms with Gasteiger partial charge in [0.1, 0.15) is 24.4 Å². The van der Waals surface area contributed by atoms with Crippen LogP contribution in [0.3, 0.4) is 0 Å². The number of aliphatic hydroxyl groups excluding tert-OH is 4. The zero-order valence-corrected chi connectivity index (χ0v) is 25.1. The average molecular weight is 549 g/mol. The lowest BCUT2D eigenvalue weighted by atomic mass is 9.48. The van der Waals surface area contributed by atoms with Crippen molar-refractivity contribution < 1.29 is 29.9 Å². The number of fused-ring (bicyclic) bond motifs is 4. The standard InChI is InChI=1S/C33H56O6/c1-19(2)7-6-8-20(3)24-11-12-25-23-10-9-21-17-22(13-15-32(21,4)26(23)14-16-33(24,25)5)38-31-30(37)29(36)28(35)27(18-34)39-31/h19-22,24,26-31,34-37H,6-18H2,1-5H3/t20-,21+,22+,24-,26+,27-,28-,29+,30-,31-,32+,33-/m1/s1. The summed E-state index contributed by atoms with van der Waals surface area (Å²) in [7, 11) is 0. The van der Waals surface area contributed by atoms with Crippen LogP contribution in [0.15, 0.2) is 11.1 Å². The van der Waals surface area contributed by atoms with E-state index in [4.69, 9.17) is 9.47 Å². The molecule has 0 aromatic rings. The number of rotatable bonds is 8. The lowest BCUT2D eigenvalue weighted by Gasteiger charge is -2.57. The maximum Gasteiger partial charge on any atom is 0.186 e. The Labute approximate surface area is 236 Å². The Kier molecular flexibility index (Phi) is 8.95. The summed E-state index contributed by atoms with van der Waals surface area (Å²) in [6, 6.07) is 0. The highest BCUT2D eigenvalue weighted by atomic mass is 16.7. The van der Waals surface area contributed by atoms with E-state index in [2.05, 4.69) is 34.6 Å². The van der Waals surface area contributed by atoms with Crippen LogP contribution in [0.1, 0.15) is 112 Å². The number of hydrogen-bond donors (Lipinski definition) is 4. The third-order valence-corrected chi connectivity index (χ3v) is 12.3. The van der Waals surface area contributed by atoms with Crippen molar-refractivity contribution in [1.82, 2.24) is 0 Å². The average Bonchev–Trinajstić information content (AvgIpc) is 3.26. The van der Waals surface area contributed by atoms with E-state index in [0.717, 1.165) is 37.0 Å². The maximum atomic E-state index is 10.5. The highest BCUT2D eigenvalue weighted by Gasteiger charge is 2.56. The van der Waals surface area contributed by atoms with E-state index in [1.54, 1.807) is 0 Å². The van der Waals surface area contributed by atoms with Crippen molar-refractivity contribution in [2.45, 2.75) is 148 Å². The first kappa shape index (κ1) is 30.0. The zero-order valence-electron chi connectivity index (χ0n) is 25.1. The molecule has 5 rings (SSSR count). The van der Waals surface area contributed by atoms with Gasteiger partial charge in [-0.15, -0.1) is 0 Å². The van der Waals surface area contributed by atoms with Crippen LogP contribution in [0.2, 0.25) is 0 Å². The summed E-state index contributed by atoms with van der Waals surface area (Å²) >= 11 is 0. The molecular weight excluding hydrogens is 492 g/mol. The van der Waals surface area contributed by atoms with Gasteiger partial charge in [-0.25, -0.2) is 0 Å². The largest absolute Gasteiger partial charge is 0.394 e. The Hall–Kier alpha value is -0.500. The minimum atomic E-state index is -1.39. The molecule has 4 aliphatic carbocycles. The van der Waals surface area contributed by atoms with E-state index < -0.39 is 37.3 Å². The second-order valence-corrected chi connectivity index (χ2v) is 14.9. The monoisotopic (exact) mass is 548 g/mol. The molecule has 6 nitrogen and oxygen atoms in total. The fraction of sp³-hybridized carbons (Fsp3) is 0.939. The van der Waals surface area contributed by atoms with Gasteiger partial charge in [0.15, 0.2) is 6.29 Å². The summed E-state index contributed by atoms with van der Waals surface area (Å²) < 4.78 is 11.9. The molecular formula is C33H56O6. The maximum absolute atomic E-state index is 10.5. The SMILES string of the molecule is CC(C)CCC[C@@H](C)[C@H]1CCC2=C3CC[C@H]4C[C@@H](O[C@@H]5O[C@H](CO)[C@@H](O)[C@H](O)[C@H]5O)CC[C@]4(C)[C@H]3CC[C@@]21C. The van der Waals surface area contributed by atoms with Crippen molar-refractivity contribution in [3.05, 3.63) is 11.1 Å². The molecule has 0 amide bonds. The highest BCUT2D eigenvalue weighted by Crippen LogP contribution is 2.66. The second-order valence-electron chi connectivity index (χ2n) is 14.9. The Bertz CT molecular complexity index is 885. The van der Waals surface area contributed by atoms with Crippen LogP contribution in [0.5, 0.6) is 0 Å². The van der Waals surface area contributed by atoms with Crippen molar-refractivity contribution in [3.63, 3.8) is 0 Å². The van der Waals surface area contributed by atoms with Gasteiger partial charge in [0.2, 0.25) is 0 Å². The molecule has 0 unspecified atom stereocenters. The van der Waals surface area contributed by atoms with Gasteiger partial charge < -0.3 is 29.9 Å². The molecule has 12 atom stereocenters. The topological polar surface area (TPSA) is 99.4 Å². The number of allylic oxidation sites excluding steroid dienone is 2. The summed E-state index contributed by atoms with van der Waals surface area (Å²) in [5.74, 6) is 3.71. The Morgan fingerprint density at radius 2 is 1.69 bits per heavy atom. The summed E-state index contributed by atoms with van der Waals surface area (Å²) in [5, 5.41) is 40.3. The Morgan fingerprint density at radius 3 is 2.41 bits per heavy atom. The van der Waals surface area contributed by atoms with Crippen molar-refractivity contribution >= 4 is 0 Å². The molecule has 0 aromatic heterocycles. The van der Waals surface area contributed by atoms with Crippen molar-refractivity contribution in [1.29, 1.82) is 0 Å². The molecule has 3 saturated carbocycles. The van der Waals surface area contributed by atoms with Gasteiger partial charge in [-0.05, 0) is 98.2 Å². The normalized spacial score (nSPS) is 47.1. The third kappa shape index (κ3) is 5.41. The van der Waals surface area contributed by atoms with Gasteiger partial charge in [0.05, 0.1) is 12.7 Å². The lowest BCUT2D eigenvalue weighted by molar-refractivity contribution is -0.315. The molecule has 0 radical (unpaired) electrons. The van der Waals surface area contributed by atoms with Gasteiger partial charge in [-0.3, -0.25) is 0 Å². The molecule has 0 spiro atoms. The number of hydrogen-bond acceptors (Lipinski definition) is 6. The fourth-order valence-corrected chi connectivity index (χ4v) is 9.94. The number of ether oxygens (including phenoxy) is 2. The molecule has 0 aromatic carbocycles. The van der Waals surface area contributed by atoms with Crippen LogP contribution in [-0.2, 0) is 9.47 Å². The summed E-state index contributed by atoms with van der Waals surface area (Å²) in [6.07, 6.45) is 8.76. The summed E-state index contributed by atoms with van der Waals surface area (Å²) in [4.78, 5) is 0. The van der Waals surface area contributed by atoms with E-state index in [-0.39, 0.29) is 11.5 Å². The first-order valence-electron chi connectivity index (χ1n) is 16.2. The van der Waals surface area contributed by atoms with E-state index in [1.165, 1.54) is 57.8 Å². The van der Waals surface area contributed by atoms with Gasteiger partial charge in [-0.2, -0.15) is 0 Å². The van der Waals surface area contributed by atoms with E-state index in [1.807, 2.05) is 11.1 Å². The van der Waals surface area contributed by atoms with Crippen LogP contribution in [0.4, 0.5) is 0 Å². The molecule has 6 heteroatoms. The number of aliphatic hydroxyl groups is 4. The Balaban J connectivity index is 1.25. The third-order valence-electron chi connectivity index (χ3n) is 12.3. The van der Waals surface area contributed by atoms with Gasteiger partial charge >= 0.3 is 0 Å². The minimum absolute atomic E-state index is 0.0462. The van der Waals surface area contributed by atoms with E-state index in [0.29, 0.717) is 17.3 Å². The molecule has 1 saturated heterocycles. The van der Waals surface area contributed by atoms with Crippen LogP contribution in [0.25, 0.3) is 0 Å². The predicted octanol–water partition coefficient (Wildman–Crippen LogP) is 5.36. The molecule has 4 fully saturated rings. The molecule has 5 aliphatic rings. The zero-order chi connectivity index (χ0) is 28.1. The van der Waals surface area contributed by atoms with Crippen LogP contribution in [0, 0.1) is 40.4 Å². The Morgan fingerprint density at radius 1 is 0.923 bits per heavy atom. The van der Waals surface area contributed by atoms with Gasteiger partial charge in [-0.1, -0.05) is 65.0 Å². The van der Waals surface area contributed by atoms with Gasteiger partial charge in [0.25, 0.3) is 0 Å². The quantitative estimate of drug-likeness (QED) is 0.241. The smallest absolute Gasteiger partial charge is 0.186 e. The van der Waals surface area contributed by atoms with E-state index >= 15 is 0 Å². The van der Waals surface area contributed by atoms with Gasteiger partial charge in [0, 0.05) is 0 Å². The van der Waals surface area contributed by atoms with Crippen LogP contribution < -0.4 is 0 Å². The van der Waals surface area contributed by atoms with Crippen LogP contribution >= 0.6 is 0 Å². The fourth-order valence-electron chi connectivity index (χ4n) is 9.94. The summed E-state index contributed by atoms with van der Waals surface area (Å²) in [6.45, 7) is 11.9. The molecule has 39 heavy (non-hydrogen) atoms. The summed E-state index contributed by atoms with van der Waals surface area (Å²) in [5.41, 5.74) is 4.36.